The molecule has 0 spiro atoms. The molecule has 0 amide bonds. The summed E-state index contributed by atoms with van der Waals surface area (Å²) >= 11 is 0. The average molecular weight is 256 g/mol. The molecule has 0 aliphatic heterocycles. The predicted molar refractivity (Wildman–Crippen MR) is 74.2 cm³/mol. The molecule has 0 aliphatic rings. The fourth-order valence-electron chi connectivity index (χ4n) is 1.96. The number of hydrogen-bond donors (Lipinski definition) is 0. The Bertz CT molecular complexity index is 603. The first-order valence-electron chi connectivity index (χ1n) is 5.99. The number of ketones is 1. The Balaban J connectivity index is 2.50. The molecular weight excluding hydrogens is 240 g/mol. The number of hydrogen-bond acceptors (Lipinski definition) is 3. The second-order valence-corrected chi connectivity index (χ2v) is 4.23. The van der Waals surface area contributed by atoms with Crippen molar-refractivity contribution in [2.75, 3.05) is 14.2 Å². The Hall–Kier alpha value is -2.29. The van der Waals surface area contributed by atoms with E-state index in [2.05, 4.69) is 0 Å². The first-order chi connectivity index (χ1) is 9.17. The molecule has 19 heavy (non-hydrogen) atoms. The highest BCUT2D eigenvalue weighted by Crippen LogP contribution is 2.27. The van der Waals surface area contributed by atoms with Crippen LogP contribution in [0.5, 0.6) is 11.5 Å². The summed E-state index contributed by atoms with van der Waals surface area (Å²) in [4.78, 5) is 12.6. The van der Waals surface area contributed by atoms with Crippen LogP contribution in [0, 0.1) is 6.92 Å². The third kappa shape index (κ3) is 2.60. The molecule has 2 rings (SSSR count). The van der Waals surface area contributed by atoms with Gasteiger partial charge in [0.05, 0.1) is 25.3 Å². The van der Waals surface area contributed by atoms with Gasteiger partial charge in [0, 0.05) is 0 Å². The predicted octanol–water partition coefficient (Wildman–Crippen LogP) is 3.24. The van der Waals surface area contributed by atoms with Crippen LogP contribution in [0.3, 0.4) is 0 Å². The van der Waals surface area contributed by atoms with Gasteiger partial charge in [-0.1, -0.05) is 18.2 Å². The quantitative estimate of drug-likeness (QED) is 0.788. The molecule has 0 unspecified atom stereocenters. The Morgan fingerprint density at radius 2 is 1.53 bits per heavy atom. The van der Waals surface area contributed by atoms with E-state index in [-0.39, 0.29) is 5.78 Å². The number of methoxy groups -OCH3 is 2. The standard InChI is InChI=1S/C16H16O3/c1-11-8-9-13(15(10-11)19-3)16(17)12-6-4-5-7-14(12)18-2/h4-10H,1-3H3. The van der Waals surface area contributed by atoms with Gasteiger partial charge >= 0.3 is 0 Å². The molecule has 0 aliphatic carbocycles. The highest BCUT2D eigenvalue weighted by Gasteiger charge is 2.17. The second-order valence-electron chi connectivity index (χ2n) is 4.23. The molecule has 0 radical (unpaired) electrons. The van der Waals surface area contributed by atoms with Crippen molar-refractivity contribution in [2.24, 2.45) is 0 Å². The van der Waals surface area contributed by atoms with Crippen molar-refractivity contribution >= 4 is 5.78 Å². The summed E-state index contributed by atoms with van der Waals surface area (Å²) in [5, 5.41) is 0. The Labute approximate surface area is 112 Å². The minimum absolute atomic E-state index is 0.102. The average Bonchev–Trinajstić information content (AvgIpc) is 2.46. The number of rotatable bonds is 4. The fraction of sp³-hybridized carbons (Fsp3) is 0.188. The van der Waals surface area contributed by atoms with E-state index in [0.29, 0.717) is 22.6 Å². The van der Waals surface area contributed by atoms with Gasteiger partial charge in [0.2, 0.25) is 0 Å². The summed E-state index contributed by atoms with van der Waals surface area (Å²) in [7, 11) is 3.12. The van der Waals surface area contributed by atoms with E-state index < -0.39 is 0 Å². The van der Waals surface area contributed by atoms with Crippen LogP contribution in [0.1, 0.15) is 21.5 Å². The SMILES string of the molecule is COc1ccccc1C(=O)c1ccc(C)cc1OC. The molecule has 0 bridgehead atoms. The number of benzene rings is 2. The summed E-state index contributed by atoms with van der Waals surface area (Å²) in [5.41, 5.74) is 2.12. The third-order valence-corrected chi connectivity index (χ3v) is 2.95. The topological polar surface area (TPSA) is 35.5 Å². The Morgan fingerprint density at radius 3 is 2.21 bits per heavy atom. The summed E-state index contributed by atoms with van der Waals surface area (Å²) in [6, 6.07) is 12.7. The van der Waals surface area contributed by atoms with Crippen molar-refractivity contribution in [3.05, 3.63) is 59.2 Å². The molecule has 0 heterocycles. The van der Waals surface area contributed by atoms with Crippen molar-refractivity contribution < 1.29 is 14.3 Å². The summed E-state index contributed by atoms with van der Waals surface area (Å²) in [6.07, 6.45) is 0. The van der Waals surface area contributed by atoms with Gasteiger partial charge in [-0.25, -0.2) is 0 Å². The third-order valence-electron chi connectivity index (χ3n) is 2.95. The normalized spacial score (nSPS) is 10.1. The van der Waals surface area contributed by atoms with Gasteiger partial charge in [-0.15, -0.1) is 0 Å². The molecule has 0 fully saturated rings. The van der Waals surface area contributed by atoms with Crippen LogP contribution in [-0.2, 0) is 0 Å². The maximum Gasteiger partial charge on any atom is 0.200 e. The van der Waals surface area contributed by atoms with Crippen LogP contribution >= 0.6 is 0 Å². The first-order valence-corrected chi connectivity index (χ1v) is 5.99. The van der Waals surface area contributed by atoms with Crippen LogP contribution in [-0.4, -0.2) is 20.0 Å². The van der Waals surface area contributed by atoms with Crippen molar-refractivity contribution in [1.29, 1.82) is 0 Å². The maximum atomic E-state index is 12.6. The molecule has 0 N–H and O–H groups in total. The molecule has 3 heteroatoms. The lowest BCUT2D eigenvalue weighted by atomic mass is 10.0. The molecule has 0 saturated heterocycles. The van der Waals surface area contributed by atoms with E-state index in [1.165, 1.54) is 0 Å². The fourth-order valence-corrected chi connectivity index (χ4v) is 1.96. The minimum Gasteiger partial charge on any atom is -0.496 e. The van der Waals surface area contributed by atoms with Gasteiger partial charge in [-0.05, 0) is 36.8 Å². The lowest BCUT2D eigenvalue weighted by Crippen LogP contribution is -2.06. The van der Waals surface area contributed by atoms with E-state index in [4.69, 9.17) is 9.47 Å². The molecule has 98 valence electrons. The van der Waals surface area contributed by atoms with Crippen LogP contribution in [0.15, 0.2) is 42.5 Å². The van der Waals surface area contributed by atoms with Crippen molar-refractivity contribution in [2.45, 2.75) is 6.92 Å². The zero-order valence-corrected chi connectivity index (χ0v) is 11.3. The Morgan fingerprint density at radius 1 is 0.895 bits per heavy atom. The largest absolute Gasteiger partial charge is 0.496 e. The second kappa shape index (κ2) is 5.57. The van der Waals surface area contributed by atoms with Gasteiger partial charge < -0.3 is 9.47 Å². The number of ether oxygens (including phenoxy) is 2. The lowest BCUT2D eigenvalue weighted by Gasteiger charge is -2.11. The highest BCUT2D eigenvalue weighted by molar-refractivity contribution is 6.12. The highest BCUT2D eigenvalue weighted by atomic mass is 16.5. The van der Waals surface area contributed by atoms with Gasteiger partial charge in [-0.2, -0.15) is 0 Å². The minimum atomic E-state index is -0.102. The van der Waals surface area contributed by atoms with Gasteiger partial charge in [0.25, 0.3) is 0 Å². The molecule has 2 aromatic carbocycles. The van der Waals surface area contributed by atoms with E-state index in [0.717, 1.165) is 5.56 Å². The monoisotopic (exact) mass is 256 g/mol. The molecule has 0 saturated carbocycles. The number of carbonyl (C=O) groups excluding carboxylic acids is 1. The smallest absolute Gasteiger partial charge is 0.200 e. The first kappa shape index (κ1) is 13.1. The zero-order valence-electron chi connectivity index (χ0n) is 11.3. The van der Waals surface area contributed by atoms with E-state index in [1.54, 1.807) is 32.4 Å². The molecule has 2 aromatic rings. The zero-order chi connectivity index (χ0) is 13.8. The number of aryl methyl sites for hydroxylation is 1. The van der Waals surface area contributed by atoms with Crippen molar-refractivity contribution in [3.8, 4) is 11.5 Å². The van der Waals surface area contributed by atoms with Gasteiger partial charge in [0.1, 0.15) is 11.5 Å². The molecule has 0 aromatic heterocycles. The van der Waals surface area contributed by atoms with Crippen LogP contribution < -0.4 is 9.47 Å². The number of carbonyl (C=O) groups is 1. The van der Waals surface area contributed by atoms with Crippen LogP contribution in [0.4, 0.5) is 0 Å². The van der Waals surface area contributed by atoms with Gasteiger partial charge in [0.15, 0.2) is 5.78 Å². The van der Waals surface area contributed by atoms with E-state index in [9.17, 15) is 4.79 Å². The van der Waals surface area contributed by atoms with E-state index >= 15 is 0 Å². The summed E-state index contributed by atoms with van der Waals surface area (Å²) in [6.45, 7) is 1.96. The molecular formula is C16H16O3. The van der Waals surface area contributed by atoms with Gasteiger partial charge in [-0.3, -0.25) is 4.79 Å². The van der Waals surface area contributed by atoms with Crippen LogP contribution in [0.2, 0.25) is 0 Å². The van der Waals surface area contributed by atoms with E-state index in [1.807, 2.05) is 31.2 Å². The van der Waals surface area contributed by atoms with Crippen LogP contribution in [0.25, 0.3) is 0 Å². The number of para-hydroxylation sites is 1. The maximum absolute atomic E-state index is 12.6. The van der Waals surface area contributed by atoms with Crippen molar-refractivity contribution in [3.63, 3.8) is 0 Å². The van der Waals surface area contributed by atoms with Crippen molar-refractivity contribution in [1.82, 2.24) is 0 Å². The molecule has 0 atom stereocenters. The Kier molecular flexibility index (Phi) is 3.85. The summed E-state index contributed by atoms with van der Waals surface area (Å²) < 4.78 is 10.5. The summed E-state index contributed by atoms with van der Waals surface area (Å²) in [5.74, 6) is 1.04. The lowest BCUT2D eigenvalue weighted by molar-refractivity contribution is 0.103. The molecule has 3 nitrogen and oxygen atoms in total.